The lowest BCUT2D eigenvalue weighted by molar-refractivity contribution is 0.394. The number of hydrogen-bond acceptors (Lipinski definition) is 9. The van der Waals surface area contributed by atoms with Gasteiger partial charge in [-0.25, -0.2) is 0 Å². The van der Waals surface area contributed by atoms with E-state index < -0.39 is 0 Å². The molecule has 0 fully saturated rings. The van der Waals surface area contributed by atoms with Gasteiger partial charge in [-0.2, -0.15) is 0 Å². The van der Waals surface area contributed by atoms with Gasteiger partial charge in [0.1, 0.15) is 17.2 Å². The molecular formula is C22H23N5O4S. The summed E-state index contributed by atoms with van der Waals surface area (Å²) in [5, 5.41) is 17.8. The molecule has 0 saturated carbocycles. The van der Waals surface area contributed by atoms with E-state index in [2.05, 4.69) is 20.4 Å². The molecule has 0 saturated heterocycles. The Balaban J connectivity index is 1.53. The first-order chi connectivity index (χ1) is 15.6. The molecule has 0 aliphatic rings. The molecule has 2 aromatic heterocycles. The molecule has 10 heteroatoms. The minimum Gasteiger partial charge on any atom is -0.497 e. The Bertz CT molecular complexity index is 1180. The molecule has 0 unspecified atom stereocenters. The zero-order valence-electron chi connectivity index (χ0n) is 18.2. The standard InChI is InChI=1S/C22H23N5O4S/c1-5-27-20(15-10-17(29-3)12-18(11-15)30-4)24-26-22(27)32-13-19-23-25-21(31-19)14-7-6-8-16(9-14)28-2/h6-12H,5,13H2,1-4H3. The molecule has 0 aliphatic heterocycles. The second-order valence-corrected chi connectivity index (χ2v) is 7.62. The first kappa shape index (κ1) is 21.7. The fourth-order valence-electron chi connectivity index (χ4n) is 3.14. The summed E-state index contributed by atoms with van der Waals surface area (Å²) < 4.78 is 23.9. The van der Waals surface area contributed by atoms with Gasteiger partial charge >= 0.3 is 0 Å². The quantitative estimate of drug-likeness (QED) is 0.343. The lowest BCUT2D eigenvalue weighted by atomic mass is 10.2. The van der Waals surface area contributed by atoms with Crippen LogP contribution < -0.4 is 14.2 Å². The maximum atomic E-state index is 5.83. The molecule has 9 nitrogen and oxygen atoms in total. The molecule has 0 spiro atoms. The topological polar surface area (TPSA) is 97.3 Å². The van der Waals surface area contributed by atoms with Crippen molar-refractivity contribution >= 4 is 11.8 Å². The van der Waals surface area contributed by atoms with E-state index in [0.29, 0.717) is 35.6 Å². The van der Waals surface area contributed by atoms with Crippen LogP contribution in [0.3, 0.4) is 0 Å². The van der Waals surface area contributed by atoms with Crippen molar-refractivity contribution < 1.29 is 18.6 Å². The maximum Gasteiger partial charge on any atom is 0.247 e. The number of ether oxygens (including phenoxy) is 3. The van der Waals surface area contributed by atoms with Gasteiger partial charge in [-0.3, -0.25) is 0 Å². The molecule has 0 N–H and O–H groups in total. The van der Waals surface area contributed by atoms with E-state index in [0.717, 1.165) is 27.9 Å². The number of nitrogens with zero attached hydrogens (tertiary/aromatic N) is 5. The normalized spacial score (nSPS) is 10.9. The van der Waals surface area contributed by atoms with Gasteiger partial charge in [-0.1, -0.05) is 17.8 Å². The first-order valence-corrected chi connectivity index (χ1v) is 10.9. The molecule has 2 heterocycles. The molecule has 0 aliphatic carbocycles. The Morgan fingerprint density at radius 1 is 0.844 bits per heavy atom. The van der Waals surface area contributed by atoms with Crippen molar-refractivity contribution in [2.24, 2.45) is 0 Å². The molecule has 166 valence electrons. The highest BCUT2D eigenvalue weighted by Gasteiger charge is 2.17. The second kappa shape index (κ2) is 9.73. The van der Waals surface area contributed by atoms with Gasteiger partial charge in [0.25, 0.3) is 0 Å². The van der Waals surface area contributed by atoms with Gasteiger partial charge in [-0.05, 0) is 37.3 Å². The van der Waals surface area contributed by atoms with Crippen LogP contribution in [-0.2, 0) is 12.3 Å². The van der Waals surface area contributed by atoms with E-state index in [-0.39, 0.29) is 0 Å². The summed E-state index contributed by atoms with van der Waals surface area (Å²) in [7, 11) is 4.86. The van der Waals surface area contributed by atoms with E-state index in [1.165, 1.54) is 11.8 Å². The van der Waals surface area contributed by atoms with Crippen LogP contribution in [0.1, 0.15) is 12.8 Å². The van der Waals surface area contributed by atoms with Gasteiger partial charge in [0, 0.05) is 23.7 Å². The van der Waals surface area contributed by atoms with Gasteiger partial charge in [0.05, 0.1) is 27.1 Å². The van der Waals surface area contributed by atoms with E-state index >= 15 is 0 Å². The van der Waals surface area contributed by atoms with Crippen molar-refractivity contribution in [1.82, 2.24) is 25.0 Å². The average molecular weight is 454 g/mol. The minimum atomic E-state index is 0.445. The molecular weight excluding hydrogens is 430 g/mol. The van der Waals surface area contributed by atoms with Crippen LogP contribution in [0.25, 0.3) is 22.8 Å². The molecule has 0 bridgehead atoms. The predicted molar refractivity (Wildman–Crippen MR) is 120 cm³/mol. The van der Waals surface area contributed by atoms with E-state index in [1.54, 1.807) is 21.3 Å². The highest BCUT2D eigenvalue weighted by molar-refractivity contribution is 7.98. The van der Waals surface area contributed by atoms with Crippen LogP contribution in [0.15, 0.2) is 52.0 Å². The number of thioether (sulfide) groups is 1. The SMILES string of the molecule is CCn1c(SCc2nnc(-c3cccc(OC)c3)o2)nnc1-c1cc(OC)cc(OC)c1. The van der Waals surface area contributed by atoms with Gasteiger partial charge in [0.15, 0.2) is 11.0 Å². The smallest absolute Gasteiger partial charge is 0.247 e. The number of methoxy groups -OCH3 is 3. The lowest BCUT2D eigenvalue weighted by Gasteiger charge is -2.10. The van der Waals surface area contributed by atoms with Crippen LogP contribution in [0.5, 0.6) is 17.2 Å². The van der Waals surface area contributed by atoms with Crippen molar-refractivity contribution in [1.29, 1.82) is 0 Å². The summed E-state index contributed by atoms with van der Waals surface area (Å²) in [4.78, 5) is 0. The summed E-state index contributed by atoms with van der Waals surface area (Å²) in [6.07, 6.45) is 0. The number of aromatic nitrogens is 5. The predicted octanol–water partition coefficient (Wildman–Crippen LogP) is 4.33. The zero-order chi connectivity index (χ0) is 22.5. The summed E-state index contributed by atoms with van der Waals surface area (Å²) in [5.41, 5.74) is 1.67. The van der Waals surface area contributed by atoms with E-state index in [1.807, 2.05) is 54.0 Å². The second-order valence-electron chi connectivity index (χ2n) is 6.67. The number of hydrogen-bond donors (Lipinski definition) is 0. The van der Waals surface area contributed by atoms with Crippen molar-refractivity contribution in [3.8, 4) is 40.1 Å². The fraction of sp³-hybridized carbons (Fsp3) is 0.273. The van der Waals surface area contributed by atoms with Crippen LogP contribution in [0.2, 0.25) is 0 Å². The largest absolute Gasteiger partial charge is 0.497 e. The highest BCUT2D eigenvalue weighted by Crippen LogP contribution is 2.32. The molecule has 0 radical (unpaired) electrons. The van der Waals surface area contributed by atoms with Crippen LogP contribution in [0.4, 0.5) is 0 Å². The first-order valence-electron chi connectivity index (χ1n) is 9.91. The van der Waals surface area contributed by atoms with Crippen molar-refractivity contribution in [3.05, 3.63) is 48.4 Å². The third-order valence-corrected chi connectivity index (χ3v) is 5.70. The van der Waals surface area contributed by atoms with E-state index in [4.69, 9.17) is 18.6 Å². The van der Waals surface area contributed by atoms with Crippen molar-refractivity contribution in [2.75, 3.05) is 21.3 Å². The lowest BCUT2D eigenvalue weighted by Crippen LogP contribution is -2.00. The Kier molecular flexibility index (Phi) is 6.60. The molecule has 0 amide bonds. The Hall–Kier alpha value is -3.53. The van der Waals surface area contributed by atoms with E-state index in [9.17, 15) is 0 Å². The summed E-state index contributed by atoms with van der Waals surface area (Å²) in [6, 6.07) is 13.1. The molecule has 2 aromatic carbocycles. The van der Waals surface area contributed by atoms with Gasteiger partial charge < -0.3 is 23.2 Å². The number of rotatable bonds is 9. The monoisotopic (exact) mass is 453 g/mol. The van der Waals surface area contributed by atoms with Crippen LogP contribution >= 0.6 is 11.8 Å². The number of benzene rings is 2. The summed E-state index contributed by atoms with van der Waals surface area (Å²) in [5.74, 6) is 4.26. The van der Waals surface area contributed by atoms with Crippen molar-refractivity contribution in [3.63, 3.8) is 0 Å². The highest BCUT2D eigenvalue weighted by atomic mass is 32.2. The third kappa shape index (κ3) is 4.54. The molecule has 32 heavy (non-hydrogen) atoms. The van der Waals surface area contributed by atoms with Gasteiger partial charge in [0.2, 0.25) is 11.8 Å². The Morgan fingerprint density at radius 2 is 1.56 bits per heavy atom. The molecule has 0 atom stereocenters. The third-order valence-electron chi connectivity index (χ3n) is 4.75. The van der Waals surface area contributed by atoms with Crippen molar-refractivity contribution in [2.45, 2.75) is 24.4 Å². The molecule has 4 rings (SSSR count). The van der Waals surface area contributed by atoms with Crippen LogP contribution in [0, 0.1) is 0 Å². The minimum absolute atomic E-state index is 0.445. The summed E-state index contributed by atoms with van der Waals surface area (Å²) >= 11 is 1.48. The molecule has 4 aromatic rings. The zero-order valence-corrected chi connectivity index (χ0v) is 19.0. The Labute approximate surface area is 189 Å². The Morgan fingerprint density at radius 3 is 2.25 bits per heavy atom. The van der Waals surface area contributed by atoms with Crippen LogP contribution in [-0.4, -0.2) is 46.3 Å². The maximum absolute atomic E-state index is 5.83. The fourth-order valence-corrected chi connectivity index (χ4v) is 3.98. The average Bonchev–Trinajstić information content (AvgIpc) is 3.49. The summed E-state index contributed by atoms with van der Waals surface area (Å²) in [6.45, 7) is 2.74. The van der Waals surface area contributed by atoms with Gasteiger partial charge in [-0.15, -0.1) is 20.4 Å².